The monoisotopic (exact) mass is 468 g/mol. The van der Waals surface area contributed by atoms with Gasteiger partial charge in [-0.1, -0.05) is 41.1 Å². The molecule has 5 rings (SSSR count). The minimum absolute atomic E-state index is 0.0156. The van der Waals surface area contributed by atoms with Crippen molar-refractivity contribution in [1.29, 1.82) is 0 Å². The zero-order valence-electron chi connectivity index (χ0n) is 16.5. The van der Waals surface area contributed by atoms with Crippen molar-refractivity contribution in [3.63, 3.8) is 0 Å². The van der Waals surface area contributed by atoms with Crippen molar-refractivity contribution >= 4 is 50.0 Å². The Morgan fingerprint density at radius 3 is 2.59 bits per heavy atom. The normalized spacial score (nSPS) is 16.4. The number of carbonyl (C=O) groups excluding carboxylic acids is 2. The third kappa shape index (κ3) is 3.19. The molecule has 1 N–H and O–H groups in total. The van der Waals surface area contributed by atoms with E-state index in [9.17, 15) is 19.1 Å². The highest BCUT2D eigenvalue weighted by molar-refractivity contribution is 7.22. The summed E-state index contributed by atoms with van der Waals surface area (Å²) < 4.78 is 19.8. The number of amides is 1. The highest BCUT2D eigenvalue weighted by atomic mass is 35.5. The maximum atomic E-state index is 13.6. The first kappa shape index (κ1) is 20.4. The number of furan rings is 1. The van der Waals surface area contributed by atoms with Crippen molar-refractivity contribution in [1.82, 2.24) is 4.98 Å². The van der Waals surface area contributed by atoms with Crippen LogP contribution < -0.4 is 4.90 Å². The van der Waals surface area contributed by atoms with Gasteiger partial charge >= 0.3 is 0 Å². The summed E-state index contributed by atoms with van der Waals surface area (Å²) in [7, 11) is 0. The molecule has 1 aliphatic heterocycles. The fourth-order valence-electron chi connectivity index (χ4n) is 3.69. The number of aliphatic hydroxyl groups is 1. The Morgan fingerprint density at radius 2 is 1.94 bits per heavy atom. The van der Waals surface area contributed by atoms with Crippen molar-refractivity contribution in [3.05, 3.63) is 93.9 Å². The lowest BCUT2D eigenvalue weighted by atomic mass is 9.95. The third-order valence-electron chi connectivity index (χ3n) is 5.17. The van der Waals surface area contributed by atoms with E-state index >= 15 is 0 Å². The molecule has 0 saturated carbocycles. The van der Waals surface area contributed by atoms with Gasteiger partial charge in [-0.25, -0.2) is 9.37 Å². The Kier molecular flexibility index (Phi) is 4.83. The van der Waals surface area contributed by atoms with Gasteiger partial charge in [-0.05, 0) is 48.9 Å². The number of halogens is 2. The van der Waals surface area contributed by atoms with Gasteiger partial charge in [-0.15, -0.1) is 0 Å². The fraction of sp³-hybridized carbons (Fsp3) is 0.0870. The van der Waals surface area contributed by atoms with E-state index in [2.05, 4.69) is 4.98 Å². The van der Waals surface area contributed by atoms with Crippen LogP contribution in [-0.4, -0.2) is 21.8 Å². The molecule has 1 atom stereocenters. The second-order valence-electron chi connectivity index (χ2n) is 7.21. The second-order valence-corrected chi connectivity index (χ2v) is 8.63. The van der Waals surface area contributed by atoms with Crippen molar-refractivity contribution in [3.8, 4) is 0 Å². The molecule has 9 heteroatoms. The maximum absolute atomic E-state index is 13.6. The van der Waals surface area contributed by atoms with E-state index in [1.807, 2.05) is 0 Å². The Hall–Kier alpha value is -3.49. The molecule has 0 radical (unpaired) electrons. The molecule has 3 heterocycles. The smallest absolute Gasteiger partial charge is 0.296 e. The van der Waals surface area contributed by atoms with Crippen LogP contribution in [0.1, 0.15) is 27.9 Å². The van der Waals surface area contributed by atoms with Crippen LogP contribution in [0.15, 0.2) is 70.3 Å². The summed E-state index contributed by atoms with van der Waals surface area (Å²) in [4.78, 5) is 32.1. The quantitative estimate of drug-likeness (QED) is 0.384. The summed E-state index contributed by atoms with van der Waals surface area (Å²) in [5, 5.41) is 11.4. The number of thiazole rings is 1. The number of hydrogen-bond donors (Lipinski definition) is 1. The fourth-order valence-corrected chi connectivity index (χ4v) is 4.98. The van der Waals surface area contributed by atoms with E-state index in [1.165, 1.54) is 46.6 Å². The highest BCUT2D eigenvalue weighted by Gasteiger charge is 2.46. The number of aromatic nitrogens is 1. The van der Waals surface area contributed by atoms with Gasteiger partial charge in [0.25, 0.3) is 5.91 Å². The van der Waals surface area contributed by atoms with Crippen LogP contribution in [0.5, 0.6) is 0 Å². The van der Waals surface area contributed by atoms with E-state index in [1.54, 1.807) is 31.2 Å². The Balaban J connectivity index is 1.69. The van der Waals surface area contributed by atoms with E-state index < -0.39 is 29.3 Å². The Labute approximate surface area is 190 Å². The number of aliphatic hydroxyl groups excluding tert-OH is 1. The summed E-state index contributed by atoms with van der Waals surface area (Å²) in [6, 6.07) is 12.7. The molecule has 2 aromatic heterocycles. The van der Waals surface area contributed by atoms with Gasteiger partial charge in [0.2, 0.25) is 5.78 Å². The number of anilines is 1. The van der Waals surface area contributed by atoms with Gasteiger partial charge < -0.3 is 9.52 Å². The van der Waals surface area contributed by atoms with E-state index in [0.717, 1.165) is 4.70 Å². The van der Waals surface area contributed by atoms with Crippen LogP contribution in [0, 0.1) is 12.7 Å². The minimum Gasteiger partial charge on any atom is -0.503 e. The summed E-state index contributed by atoms with van der Waals surface area (Å²) in [5.74, 6) is -2.11. The van der Waals surface area contributed by atoms with Crippen LogP contribution in [0.3, 0.4) is 0 Å². The Morgan fingerprint density at radius 1 is 1.19 bits per heavy atom. The molecule has 0 spiro atoms. The van der Waals surface area contributed by atoms with E-state index in [4.69, 9.17) is 16.0 Å². The molecule has 32 heavy (non-hydrogen) atoms. The predicted molar refractivity (Wildman–Crippen MR) is 119 cm³/mol. The van der Waals surface area contributed by atoms with Crippen LogP contribution in [-0.2, 0) is 4.79 Å². The van der Waals surface area contributed by atoms with Gasteiger partial charge in [-0.3, -0.25) is 14.5 Å². The lowest BCUT2D eigenvalue weighted by Gasteiger charge is -2.24. The molecular formula is C23H14ClFN2O4S. The van der Waals surface area contributed by atoms with Crippen molar-refractivity contribution < 1.29 is 23.5 Å². The molecule has 1 aliphatic rings. The van der Waals surface area contributed by atoms with E-state index in [0.29, 0.717) is 21.9 Å². The first-order valence-electron chi connectivity index (χ1n) is 9.53. The number of Topliss-reactive ketones (excluding diaryl/α,β-unsaturated/α-hetero) is 1. The maximum Gasteiger partial charge on any atom is 0.296 e. The third-order valence-corrected chi connectivity index (χ3v) is 6.49. The number of para-hydroxylation sites is 1. The first-order valence-corrected chi connectivity index (χ1v) is 10.7. The second kappa shape index (κ2) is 7.58. The Bertz CT molecular complexity index is 1420. The standard InChI is InChI=1S/C23H14ClFN2O4S/c1-11-5-10-15(31-11)20(28)17-19(12-6-8-13(25)9-7-12)27(22(30)21(17)29)23-26-18-14(24)3-2-4-16(18)32-23/h2-10,19,29H,1H3. The molecule has 0 saturated heterocycles. The summed E-state index contributed by atoms with van der Waals surface area (Å²) in [5.41, 5.74) is 0.767. The molecule has 0 aliphatic carbocycles. The molecule has 0 fully saturated rings. The molecule has 1 unspecified atom stereocenters. The minimum atomic E-state index is -1.03. The average Bonchev–Trinajstić information content (AvgIpc) is 3.46. The number of benzene rings is 2. The molecule has 0 bridgehead atoms. The van der Waals surface area contributed by atoms with Gasteiger partial charge in [0.15, 0.2) is 16.7 Å². The van der Waals surface area contributed by atoms with Crippen molar-refractivity contribution in [2.75, 3.05) is 4.90 Å². The van der Waals surface area contributed by atoms with Crippen LogP contribution in [0.25, 0.3) is 10.2 Å². The van der Waals surface area contributed by atoms with Crippen molar-refractivity contribution in [2.24, 2.45) is 0 Å². The van der Waals surface area contributed by atoms with Crippen LogP contribution in [0.2, 0.25) is 5.02 Å². The zero-order chi connectivity index (χ0) is 22.6. The van der Waals surface area contributed by atoms with Gasteiger partial charge in [0.1, 0.15) is 17.1 Å². The summed E-state index contributed by atoms with van der Waals surface area (Å²) in [6.07, 6.45) is 0. The number of hydrogen-bond acceptors (Lipinski definition) is 6. The first-order chi connectivity index (χ1) is 15.3. The summed E-state index contributed by atoms with van der Waals surface area (Å²) in [6.45, 7) is 1.68. The van der Waals surface area contributed by atoms with Gasteiger partial charge in [0.05, 0.1) is 21.3 Å². The number of rotatable bonds is 4. The number of nitrogens with zero attached hydrogens (tertiary/aromatic N) is 2. The van der Waals surface area contributed by atoms with Crippen LogP contribution >= 0.6 is 22.9 Å². The number of fused-ring (bicyclic) bond motifs is 1. The predicted octanol–water partition coefficient (Wildman–Crippen LogP) is 5.77. The number of carbonyl (C=O) groups is 2. The lowest BCUT2D eigenvalue weighted by Crippen LogP contribution is -2.31. The van der Waals surface area contributed by atoms with Crippen LogP contribution in [0.4, 0.5) is 9.52 Å². The topological polar surface area (TPSA) is 83.6 Å². The molecule has 6 nitrogen and oxygen atoms in total. The largest absolute Gasteiger partial charge is 0.503 e. The number of ketones is 1. The van der Waals surface area contributed by atoms with Crippen molar-refractivity contribution in [2.45, 2.75) is 13.0 Å². The molecule has 4 aromatic rings. The SMILES string of the molecule is Cc1ccc(C(=O)C2=C(O)C(=O)N(c3nc4c(Cl)cccc4s3)C2c2ccc(F)cc2)o1. The molecule has 160 valence electrons. The number of aryl methyl sites for hydroxylation is 1. The summed E-state index contributed by atoms with van der Waals surface area (Å²) >= 11 is 7.44. The van der Waals surface area contributed by atoms with E-state index in [-0.39, 0.29) is 16.5 Å². The zero-order valence-corrected chi connectivity index (χ0v) is 18.1. The molecule has 2 aromatic carbocycles. The average molecular weight is 469 g/mol. The molecular weight excluding hydrogens is 455 g/mol. The van der Waals surface area contributed by atoms with Gasteiger partial charge in [-0.2, -0.15) is 0 Å². The lowest BCUT2D eigenvalue weighted by molar-refractivity contribution is -0.117. The van der Waals surface area contributed by atoms with Gasteiger partial charge in [0, 0.05) is 0 Å². The molecule has 1 amide bonds. The highest BCUT2D eigenvalue weighted by Crippen LogP contribution is 2.44.